The molecule has 2 fully saturated rings. The van der Waals surface area contributed by atoms with Gasteiger partial charge in [-0.3, -0.25) is 4.79 Å². The smallest absolute Gasteiger partial charge is 0.318 e. The van der Waals surface area contributed by atoms with E-state index in [4.69, 9.17) is 4.74 Å². The van der Waals surface area contributed by atoms with Crippen LogP contribution in [0.1, 0.15) is 49.7 Å². The summed E-state index contributed by atoms with van der Waals surface area (Å²) >= 11 is 0. The Morgan fingerprint density at radius 2 is 1.88 bits per heavy atom. The highest BCUT2D eigenvalue weighted by Gasteiger charge is 2.58. The number of ether oxygens (including phenoxy) is 1. The molecule has 2 nitrogen and oxygen atoms in total. The van der Waals surface area contributed by atoms with Crippen LogP contribution in [0, 0.1) is 0 Å². The van der Waals surface area contributed by atoms with E-state index in [1.807, 2.05) is 0 Å². The average Bonchev–Trinajstić information content (AvgIpc) is 2.80. The normalized spacial score (nSPS) is 25.7. The Morgan fingerprint density at radius 1 is 1.24 bits per heavy atom. The maximum Gasteiger partial charge on any atom is 0.318 e. The molecule has 1 saturated carbocycles. The highest BCUT2D eigenvalue weighted by molar-refractivity contribution is 5.86. The second kappa shape index (κ2) is 3.86. The standard InChI is InChI=1S/C15H18O2/c1-2-11-5-7-12(8-6-11)13-14(16)17-15(13)9-3-4-10-15/h5-8,13H,2-4,9-10H2,1H3. The lowest BCUT2D eigenvalue weighted by Gasteiger charge is -2.45. The van der Waals surface area contributed by atoms with E-state index in [0.717, 1.165) is 24.8 Å². The minimum atomic E-state index is -0.148. The quantitative estimate of drug-likeness (QED) is 0.729. The molecule has 1 spiro atoms. The van der Waals surface area contributed by atoms with Crippen molar-refractivity contribution in [2.45, 2.75) is 50.5 Å². The van der Waals surface area contributed by atoms with Gasteiger partial charge in [-0.2, -0.15) is 0 Å². The first-order valence-electron chi connectivity index (χ1n) is 6.57. The molecule has 2 aliphatic rings. The van der Waals surface area contributed by atoms with E-state index in [1.54, 1.807) is 0 Å². The summed E-state index contributed by atoms with van der Waals surface area (Å²) in [7, 11) is 0. The molecule has 1 aliphatic heterocycles. The van der Waals surface area contributed by atoms with Gasteiger partial charge in [0.1, 0.15) is 11.5 Å². The number of carbonyl (C=O) groups is 1. The van der Waals surface area contributed by atoms with Crippen LogP contribution in [0.25, 0.3) is 0 Å². The summed E-state index contributed by atoms with van der Waals surface area (Å²) in [5.41, 5.74) is 2.31. The summed E-state index contributed by atoms with van der Waals surface area (Å²) in [5.74, 6) is -0.0351. The molecule has 17 heavy (non-hydrogen) atoms. The fourth-order valence-electron chi connectivity index (χ4n) is 3.22. The molecular weight excluding hydrogens is 212 g/mol. The van der Waals surface area contributed by atoms with Crippen LogP contribution in [0.15, 0.2) is 24.3 Å². The molecule has 1 unspecified atom stereocenters. The second-order valence-corrected chi connectivity index (χ2v) is 5.22. The highest BCUT2D eigenvalue weighted by Crippen LogP contribution is 2.52. The van der Waals surface area contributed by atoms with Crippen LogP contribution < -0.4 is 0 Å². The van der Waals surface area contributed by atoms with Gasteiger partial charge < -0.3 is 4.74 Å². The minimum absolute atomic E-state index is 0.00379. The lowest BCUT2D eigenvalue weighted by Crippen LogP contribution is -2.53. The van der Waals surface area contributed by atoms with E-state index in [-0.39, 0.29) is 17.5 Å². The first kappa shape index (κ1) is 10.8. The van der Waals surface area contributed by atoms with Crippen molar-refractivity contribution in [2.24, 2.45) is 0 Å². The van der Waals surface area contributed by atoms with E-state index in [1.165, 1.54) is 18.4 Å². The van der Waals surface area contributed by atoms with Crippen molar-refractivity contribution in [1.29, 1.82) is 0 Å². The lowest BCUT2D eigenvalue weighted by atomic mass is 9.76. The van der Waals surface area contributed by atoms with Gasteiger partial charge in [-0.1, -0.05) is 31.2 Å². The Kier molecular flexibility index (Phi) is 2.46. The minimum Gasteiger partial charge on any atom is -0.457 e. The first-order chi connectivity index (χ1) is 8.25. The molecule has 0 bridgehead atoms. The molecule has 1 aliphatic carbocycles. The number of aryl methyl sites for hydroxylation is 1. The number of benzene rings is 1. The molecular formula is C15H18O2. The Labute approximate surface area is 102 Å². The van der Waals surface area contributed by atoms with Crippen molar-refractivity contribution in [2.75, 3.05) is 0 Å². The van der Waals surface area contributed by atoms with Gasteiger partial charge in [0, 0.05) is 0 Å². The van der Waals surface area contributed by atoms with Crippen LogP contribution in [-0.2, 0) is 16.0 Å². The monoisotopic (exact) mass is 230 g/mol. The molecule has 1 heterocycles. The number of esters is 1. The zero-order valence-corrected chi connectivity index (χ0v) is 10.2. The van der Waals surface area contributed by atoms with Crippen LogP contribution >= 0.6 is 0 Å². The summed E-state index contributed by atoms with van der Waals surface area (Å²) in [4.78, 5) is 11.7. The van der Waals surface area contributed by atoms with Gasteiger partial charge in [-0.25, -0.2) is 0 Å². The molecule has 0 aromatic heterocycles. The summed E-state index contributed by atoms with van der Waals surface area (Å²) in [6.07, 6.45) is 5.51. The molecule has 0 N–H and O–H groups in total. The summed E-state index contributed by atoms with van der Waals surface area (Å²) in [6, 6.07) is 8.46. The zero-order chi connectivity index (χ0) is 11.9. The molecule has 2 heteroatoms. The van der Waals surface area contributed by atoms with E-state index in [9.17, 15) is 4.79 Å². The maximum absolute atomic E-state index is 11.7. The Bertz CT molecular complexity index is 427. The molecule has 1 atom stereocenters. The summed E-state index contributed by atoms with van der Waals surface area (Å²) in [5, 5.41) is 0. The predicted molar refractivity (Wildman–Crippen MR) is 65.9 cm³/mol. The number of carbonyl (C=O) groups excluding carboxylic acids is 1. The molecule has 3 rings (SSSR count). The fraction of sp³-hybridized carbons (Fsp3) is 0.533. The van der Waals surface area contributed by atoms with E-state index >= 15 is 0 Å². The van der Waals surface area contributed by atoms with Gasteiger partial charge >= 0.3 is 5.97 Å². The van der Waals surface area contributed by atoms with E-state index in [2.05, 4.69) is 31.2 Å². The third kappa shape index (κ3) is 1.58. The van der Waals surface area contributed by atoms with Crippen LogP contribution in [0.2, 0.25) is 0 Å². The van der Waals surface area contributed by atoms with Crippen molar-refractivity contribution in [3.63, 3.8) is 0 Å². The third-order valence-corrected chi connectivity index (χ3v) is 4.24. The van der Waals surface area contributed by atoms with Crippen molar-refractivity contribution in [1.82, 2.24) is 0 Å². The van der Waals surface area contributed by atoms with Crippen LogP contribution in [0.4, 0.5) is 0 Å². The predicted octanol–water partition coefficient (Wildman–Crippen LogP) is 3.20. The van der Waals surface area contributed by atoms with Crippen LogP contribution in [-0.4, -0.2) is 11.6 Å². The van der Waals surface area contributed by atoms with Gasteiger partial charge in [-0.15, -0.1) is 0 Å². The number of rotatable bonds is 2. The van der Waals surface area contributed by atoms with Gasteiger partial charge in [0.2, 0.25) is 0 Å². The van der Waals surface area contributed by atoms with E-state index in [0.29, 0.717) is 0 Å². The van der Waals surface area contributed by atoms with Gasteiger partial charge in [0.15, 0.2) is 0 Å². The summed E-state index contributed by atoms with van der Waals surface area (Å²) in [6.45, 7) is 2.14. The Balaban J connectivity index is 1.88. The molecule has 1 saturated heterocycles. The van der Waals surface area contributed by atoms with Crippen LogP contribution in [0.5, 0.6) is 0 Å². The van der Waals surface area contributed by atoms with Crippen molar-refractivity contribution < 1.29 is 9.53 Å². The second-order valence-electron chi connectivity index (χ2n) is 5.22. The lowest BCUT2D eigenvalue weighted by molar-refractivity contribution is -0.198. The van der Waals surface area contributed by atoms with Gasteiger partial charge in [-0.05, 0) is 43.2 Å². The zero-order valence-electron chi connectivity index (χ0n) is 10.2. The van der Waals surface area contributed by atoms with Crippen molar-refractivity contribution in [3.05, 3.63) is 35.4 Å². The number of hydrogen-bond acceptors (Lipinski definition) is 2. The molecule has 1 aromatic rings. The Morgan fingerprint density at radius 3 is 2.41 bits per heavy atom. The van der Waals surface area contributed by atoms with Gasteiger partial charge in [0.05, 0.1) is 0 Å². The molecule has 0 amide bonds. The maximum atomic E-state index is 11.7. The van der Waals surface area contributed by atoms with Crippen molar-refractivity contribution >= 4 is 5.97 Å². The van der Waals surface area contributed by atoms with Gasteiger partial charge in [0.25, 0.3) is 0 Å². The molecule has 1 aromatic carbocycles. The molecule has 90 valence electrons. The largest absolute Gasteiger partial charge is 0.457 e. The van der Waals surface area contributed by atoms with Crippen LogP contribution in [0.3, 0.4) is 0 Å². The van der Waals surface area contributed by atoms with E-state index < -0.39 is 0 Å². The topological polar surface area (TPSA) is 26.3 Å². The highest BCUT2D eigenvalue weighted by atomic mass is 16.6. The Hall–Kier alpha value is -1.31. The fourth-order valence-corrected chi connectivity index (χ4v) is 3.22. The molecule has 0 radical (unpaired) electrons. The number of hydrogen-bond donors (Lipinski definition) is 0. The average molecular weight is 230 g/mol. The van der Waals surface area contributed by atoms with Crippen molar-refractivity contribution in [3.8, 4) is 0 Å². The summed E-state index contributed by atoms with van der Waals surface area (Å²) < 4.78 is 5.47. The first-order valence-corrected chi connectivity index (χ1v) is 6.57. The SMILES string of the molecule is CCc1ccc(C2C(=O)OC23CCCC3)cc1. The third-order valence-electron chi connectivity index (χ3n) is 4.24.